The lowest BCUT2D eigenvalue weighted by Crippen LogP contribution is -2.49. The molecule has 0 saturated carbocycles. The standard InChI is InChI=1S/C10H12N2O/c1-6-2-10(13-12-6)7-3-8-5-11-9(8)4-7/h2,4,8-9,11H,3,5H2,1H3. The molecule has 1 aromatic heterocycles. The van der Waals surface area contributed by atoms with Crippen LogP contribution in [0, 0.1) is 12.8 Å². The van der Waals surface area contributed by atoms with E-state index in [0.717, 1.165) is 30.3 Å². The van der Waals surface area contributed by atoms with Gasteiger partial charge in [-0.1, -0.05) is 11.2 Å². The van der Waals surface area contributed by atoms with Gasteiger partial charge in [0, 0.05) is 18.7 Å². The molecule has 1 aromatic rings. The van der Waals surface area contributed by atoms with Gasteiger partial charge in [0.1, 0.15) is 0 Å². The Hall–Kier alpha value is -1.09. The first-order valence-corrected chi connectivity index (χ1v) is 4.71. The van der Waals surface area contributed by atoms with Crippen LogP contribution in [0.5, 0.6) is 0 Å². The van der Waals surface area contributed by atoms with Gasteiger partial charge < -0.3 is 9.84 Å². The first-order valence-electron chi connectivity index (χ1n) is 4.71. The molecule has 2 heterocycles. The average molecular weight is 176 g/mol. The summed E-state index contributed by atoms with van der Waals surface area (Å²) < 4.78 is 5.23. The molecule has 0 bridgehead atoms. The molecule has 1 saturated heterocycles. The lowest BCUT2D eigenvalue weighted by Gasteiger charge is -2.31. The monoisotopic (exact) mass is 176 g/mol. The highest BCUT2D eigenvalue weighted by Crippen LogP contribution is 2.36. The maximum Gasteiger partial charge on any atom is 0.162 e. The smallest absolute Gasteiger partial charge is 0.162 e. The summed E-state index contributed by atoms with van der Waals surface area (Å²) in [6.45, 7) is 3.10. The van der Waals surface area contributed by atoms with Crippen LogP contribution in [0.2, 0.25) is 0 Å². The van der Waals surface area contributed by atoms with Crippen molar-refractivity contribution < 1.29 is 4.52 Å². The summed E-state index contributed by atoms with van der Waals surface area (Å²) in [6.07, 6.45) is 3.42. The van der Waals surface area contributed by atoms with Crippen LogP contribution < -0.4 is 5.32 Å². The molecule has 0 radical (unpaired) electrons. The van der Waals surface area contributed by atoms with Crippen molar-refractivity contribution in [1.82, 2.24) is 10.5 Å². The molecule has 3 heteroatoms. The van der Waals surface area contributed by atoms with E-state index in [4.69, 9.17) is 4.52 Å². The second-order valence-corrected chi connectivity index (χ2v) is 3.92. The van der Waals surface area contributed by atoms with Crippen molar-refractivity contribution in [1.29, 1.82) is 0 Å². The van der Waals surface area contributed by atoms with Crippen molar-refractivity contribution >= 4 is 5.57 Å². The van der Waals surface area contributed by atoms with Crippen molar-refractivity contribution in [2.75, 3.05) is 6.54 Å². The van der Waals surface area contributed by atoms with Gasteiger partial charge in [0.25, 0.3) is 0 Å². The van der Waals surface area contributed by atoms with Gasteiger partial charge in [-0.05, 0) is 24.8 Å². The molecular weight excluding hydrogens is 164 g/mol. The number of aryl methyl sites for hydroxylation is 1. The zero-order valence-corrected chi connectivity index (χ0v) is 7.58. The molecule has 1 fully saturated rings. The maximum atomic E-state index is 5.23. The molecule has 2 unspecified atom stereocenters. The number of nitrogens with zero attached hydrogens (tertiary/aromatic N) is 1. The molecule has 1 aliphatic carbocycles. The first-order chi connectivity index (χ1) is 6.33. The van der Waals surface area contributed by atoms with Crippen LogP contribution >= 0.6 is 0 Å². The number of hydrogen-bond acceptors (Lipinski definition) is 3. The molecule has 0 aromatic carbocycles. The third-order valence-electron chi connectivity index (χ3n) is 2.93. The van der Waals surface area contributed by atoms with Crippen LogP contribution in [0.15, 0.2) is 16.7 Å². The van der Waals surface area contributed by atoms with E-state index in [-0.39, 0.29) is 0 Å². The summed E-state index contributed by atoms with van der Waals surface area (Å²) in [5.41, 5.74) is 2.28. The Labute approximate surface area is 76.8 Å². The zero-order chi connectivity index (χ0) is 8.84. The summed E-state index contributed by atoms with van der Waals surface area (Å²) in [6, 6.07) is 2.61. The number of hydrogen-bond donors (Lipinski definition) is 1. The second-order valence-electron chi connectivity index (χ2n) is 3.92. The molecule has 1 N–H and O–H groups in total. The fourth-order valence-electron chi connectivity index (χ4n) is 2.08. The molecule has 1 aliphatic heterocycles. The van der Waals surface area contributed by atoms with Gasteiger partial charge in [-0.2, -0.15) is 0 Å². The minimum absolute atomic E-state index is 0.598. The van der Waals surface area contributed by atoms with Gasteiger partial charge in [-0.25, -0.2) is 0 Å². The highest BCUT2D eigenvalue weighted by Gasteiger charge is 2.35. The van der Waals surface area contributed by atoms with Gasteiger partial charge in [0.05, 0.1) is 5.69 Å². The number of aromatic nitrogens is 1. The number of allylic oxidation sites excluding steroid dienone is 1. The SMILES string of the molecule is Cc1cc(C2=CC3NCC3C2)on1. The summed E-state index contributed by atoms with van der Waals surface area (Å²) >= 11 is 0. The highest BCUT2D eigenvalue weighted by atomic mass is 16.5. The van der Waals surface area contributed by atoms with Crippen molar-refractivity contribution in [2.24, 2.45) is 5.92 Å². The molecule has 2 atom stereocenters. The van der Waals surface area contributed by atoms with Gasteiger partial charge in [-0.15, -0.1) is 0 Å². The minimum atomic E-state index is 0.598. The van der Waals surface area contributed by atoms with Crippen molar-refractivity contribution in [3.8, 4) is 0 Å². The van der Waals surface area contributed by atoms with E-state index in [0.29, 0.717) is 6.04 Å². The molecule has 0 spiro atoms. The van der Waals surface area contributed by atoms with Crippen LogP contribution in [0.25, 0.3) is 5.57 Å². The number of fused-ring (bicyclic) bond motifs is 1. The summed E-state index contributed by atoms with van der Waals surface area (Å²) in [4.78, 5) is 0. The molecule has 3 rings (SSSR count). The predicted molar refractivity (Wildman–Crippen MR) is 49.1 cm³/mol. The molecule has 13 heavy (non-hydrogen) atoms. The topological polar surface area (TPSA) is 38.1 Å². The van der Waals surface area contributed by atoms with Gasteiger partial charge >= 0.3 is 0 Å². The zero-order valence-electron chi connectivity index (χ0n) is 7.58. The van der Waals surface area contributed by atoms with Crippen LogP contribution in [-0.4, -0.2) is 17.7 Å². The second kappa shape index (κ2) is 2.45. The van der Waals surface area contributed by atoms with E-state index in [9.17, 15) is 0 Å². The molecule has 68 valence electrons. The maximum absolute atomic E-state index is 5.23. The average Bonchev–Trinajstić information content (AvgIpc) is 2.59. The highest BCUT2D eigenvalue weighted by molar-refractivity contribution is 5.65. The van der Waals surface area contributed by atoms with E-state index in [1.165, 1.54) is 5.57 Å². The van der Waals surface area contributed by atoms with Crippen LogP contribution in [0.1, 0.15) is 17.9 Å². The van der Waals surface area contributed by atoms with E-state index in [1.807, 2.05) is 13.0 Å². The van der Waals surface area contributed by atoms with Crippen LogP contribution in [-0.2, 0) is 0 Å². The lowest BCUT2D eigenvalue weighted by atomic mass is 9.94. The Morgan fingerprint density at radius 1 is 1.62 bits per heavy atom. The largest absolute Gasteiger partial charge is 0.356 e. The Kier molecular flexibility index (Phi) is 1.38. The summed E-state index contributed by atoms with van der Waals surface area (Å²) in [7, 11) is 0. The summed E-state index contributed by atoms with van der Waals surface area (Å²) in [5.74, 6) is 1.76. The molecule has 3 nitrogen and oxygen atoms in total. The molecular formula is C10H12N2O. The van der Waals surface area contributed by atoms with Gasteiger partial charge in [0.2, 0.25) is 0 Å². The van der Waals surface area contributed by atoms with E-state index in [2.05, 4.69) is 16.5 Å². The van der Waals surface area contributed by atoms with Crippen molar-refractivity contribution in [2.45, 2.75) is 19.4 Å². The molecule has 2 aliphatic rings. The third kappa shape index (κ3) is 1.04. The molecule has 0 amide bonds. The quantitative estimate of drug-likeness (QED) is 0.702. The predicted octanol–water partition coefficient (Wildman–Crippen LogP) is 1.36. The number of rotatable bonds is 1. The van der Waals surface area contributed by atoms with Crippen LogP contribution in [0.4, 0.5) is 0 Å². The minimum Gasteiger partial charge on any atom is -0.356 e. The van der Waals surface area contributed by atoms with Crippen molar-refractivity contribution in [3.05, 3.63) is 23.6 Å². The van der Waals surface area contributed by atoms with E-state index in [1.54, 1.807) is 0 Å². The Morgan fingerprint density at radius 3 is 3.00 bits per heavy atom. The van der Waals surface area contributed by atoms with Crippen molar-refractivity contribution in [3.63, 3.8) is 0 Å². The summed E-state index contributed by atoms with van der Waals surface area (Å²) in [5, 5.41) is 7.27. The number of nitrogens with one attached hydrogen (secondary N) is 1. The first kappa shape index (κ1) is 7.33. The van der Waals surface area contributed by atoms with E-state index >= 15 is 0 Å². The Balaban J connectivity index is 1.90. The van der Waals surface area contributed by atoms with E-state index < -0.39 is 0 Å². The Bertz CT molecular complexity index is 367. The fourth-order valence-corrected chi connectivity index (χ4v) is 2.08. The van der Waals surface area contributed by atoms with Gasteiger partial charge in [-0.3, -0.25) is 0 Å². The lowest BCUT2D eigenvalue weighted by molar-refractivity contribution is 0.300. The Morgan fingerprint density at radius 2 is 2.54 bits per heavy atom. The fraction of sp³-hybridized carbons (Fsp3) is 0.500. The van der Waals surface area contributed by atoms with Crippen LogP contribution in [0.3, 0.4) is 0 Å². The van der Waals surface area contributed by atoms with Gasteiger partial charge in [0.15, 0.2) is 5.76 Å². The third-order valence-corrected chi connectivity index (χ3v) is 2.93. The normalized spacial score (nSPS) is 31.0.